The molecule has 0 fully saturated rings. The van der Waals surface area contributed by atoms with Gasteiger partial charge in [0, 0.05) is 25.1 Å². The van der Waals surface area contributed by atoms with Crippen LogP contribution in [0.15, 0.2) is 42.5 Å². The monoisotopic (exact) mass is 394 g/mol. The van der Waals surface area contributed by atoms with Crippen LogP contribution in [-0.4, -0.2) is 7.11 Å². The zero-order valence-corrected chi connectivity index (χ0v) is 16.4. The Morgan fingerprint density at radius 2 is 1.46 bits per heavy atom. The van der Waals surface area contributed by atoms with Gasteiger partial charge in [-0.15, -0.1) is 12.8 Å². The van der Waals surface area contributed by atoms with E-state index in [2.05, 4.69) is 58.7 Å². The van der Waals surface area contributed by atoms with Gasteiger partial charge in [0.1, 0.15) is 5.75 Å². The molecule has 2 aromatic carbocycles. The summed E-state index contributed by atoms with van der Waals surface area (Å²) >= 11 is 0. The van der Waals surface area contributed by atoms with Crippen molar-refractivity contribution in [2.75, 3.05) is 7.11 Å². The number of terminal acetylenes is 2. The molecule has 1 nitrogen and oxygen atoms in total. The van der Waals surface area contributed by atoms with E-state index in [4.69, 9.17) is 17.6 Å². The SMILES string of the molecule is C#CC#CC#CP(C#CC#CC#C)c1ccccc1-c1c(C)cccc1OC.[HH].[HH].[HH].[HH].[HH].[HH].[HH].[HH].[HH].[HH]. The van der Waals surface area contributed by atoms with Crippen molar-refractivity contribution in [1.82, 2.24) is 0 Å². The molecule has 0 amide bonds. The van der Waals surface area contributed by atoms with E-state index in [0.717, 1.165) is 27.7 Å². The van der Waals surface area contributed by atoms with E-state index in [1.165, 1.54) is 0 Å². The summed E-state index contributed by atoms with van der Waals surface area (Å²) in [6.45, 7) is 2.05. The van der Waals surface area contributed by atoms with E-state index in [1.54, 1.807) is 7.11 Å². The lowest BCUT2D eigenvalue weighted by atomic mass is 9.99. The first-order chi connectivity index (χ1) is 13.7. The van der Waals surface area contributed by atoms with Crippen LogP contribution in [0.25, 0.3) is 11.1 Å². The number of benzene rings is 2. The van der Waals surface area contributed by atoms with Crippen LogP contribution in [-0.2, 0) is 0 Å². The standard InChI is InChI=1S/C26H15OP.10H2/c1-5-7-9-13-20-28(21-14-10-8-6-2)25-19-12-11-17-23(25)26-22(3)16-15-18-24(26)27-4;;;;;;;;;;/h1-2,11-12,15-19H,3-4H3;10*1H. The molecular weight excluding hydrogens is 359 g/mol. The number of hydrogen-bond donors (Lipinski definition) is 0. The lowest BCUT2D eigenvalue weighted by Crippen LogP contribution is -2.05. The second-order valence-electron chi connectivity index (χ2n) is 5.27. The lowest BCUT2D eigenvalue weighted by molar-refractivity contribution is 0.416. The average Bonchev–Trinajstić information content (AvgIpc) is 2.72. The molecule has 0 N–H and O–H groups in total. The Hall–Kier alpha value is -3.97. The predicted octanol–water partition coefficient (Wildman–Crippen LogP) is 6.43. The van der Waals surface area contributed by atoms with Crippen molar-refractivity contribution < 1.29 is 19.0 Å². The molecule has 0 spiro atoms. The van der Waals surface area contributed by atoms with Crippen molar-refractivity contribution >= 4 is 13.2 Å². The highest BCUT2D eigenvalue weighted by atomic mass is 31.1. The highest BCUT2D eigenvalue weighted by Gasteiger charge is 2.17. The van der Waals surface area contributed by atoms with Gasteiger partial charge in [0.25, 0.3) is 0 Å². The molecule has 2 heteroatoms. The molecule has 28 heavy (non-hydrogen) atoms. The van der Waals surface area contributed by atoms with Crippen LogP contribution in [0.1, 0.15) is 19.8 Å². The fraction of sp³-hybridized carbons (Fsp3) is 0.0769. The summed E-state index contributed by atoms with van der Waals surface area (Å²) in [5, 5.41) is 0.995. The summed E-state index contributed by atoms with van der Waals surface area (Å²) in [6, 6.07) is 13.9. The number of methoxy groups -OCH3 is 1. The molecule has 0 aromatic heterocycles. The van der Waals surface area contributed by atoms with Crippen molar-refractivity contribution in [2.24, 2.45) is 0 Å². The molecule has 0 saturated carbocycles. The summed E-state index contributed by atoms with van der Waals surface area (Å²) in [5.74, 6) is 21.2. The molecule has 0 aliphatic heterocycles. The maximum atomic E-state index is 5.59. The summed E-state index contributed by atoms with van der Waals surface area (Å²) < 4.78 is 5.59. The Bertz CT molecular complexity index is 1190. The molecule has 0 aliphatic rings. The molecule has 0 saturated heterocycles. The summed E-state index contributed by atoms with van der Waals surface area (Å²) in [5.41, 5.74) is 9.38. The Labute approximate surface area is 183 Å². The maximum Gasteiger partial charge on any atom is 0.126 e. The fourth-order valence-electron chi connectivity index (χ4n) is 2.49. The van der Waals surface area contributed by atoms with Gasteiger partial charge in [-0.25, -0.2) is 0 Å². The zero-order chi connectivity index (χ0) is 20.2. The van der Waals surface area contributed by atoms with Crippen LogP contribution in [0.5, 0.6) is 5.75 Å². The van der Waals surface area contributed by atoms with Crippen LogP contribution in [0, 0.1) is 78.5 Å². The topological polar surface area (TPSA) is 9.23 Å². The molecule has 2 aromatic rings. The maximum absolute atomic E-state index is 5.59. The summed E-state index contributed by atoms with van der Waals surface area (Å²) in [6.07, 6.45) is 10.3. The first kappa shape index (κ1) is 20.3. The number of hydrogen-bond acceptors (Lipinski definition) is 1. The first-order valence-electron chi connectivity index (χ1n) is 8.18. The lowest BCUT2D eigenvalue weighted by Gasteiger charge is -2.16. The smallest absolute Gasteiger partial charge is 0.126 e. The van der Waals surface area contributed by atoms with Crippen molar-refractivity contribution in [3.8, 4) is 88.4 Å². The predicted molar refractivity (Wildman–Crippen MR) is 140 cm³/mol. The molecule has 150 valence electrons. The Kier molecular flexibility index (Phi) is 7.92. The third-order valence-corrected chi connectivity index (χ3v) is 5.14. The first-order valence-corrected chi connectivity index (χ1v) is 9.52. The van der Waals surface area contributed by atoms with Gasteiger partial charge in [-0.3, -0.25) is 0 Å². The van der Waals surface area contributed by atoms with Crippen molar-refractivity contribution in [2.45, 2.75) is 6.92 Å². The second-order valence-corrected chi connectivity index (χ2v) is 6.87. The van der Waals surface area contributed by atoms with Gasteiger partial charge in [-0.2, -0.15) is 0 Å². The van der Waals surface area contributed by atoms with Gasteiger partial charge in [0.15, 0.2) is 0 Å². The van der Waals surface area contributed by atoms with E-state index in [9.17, 15) is 0 Å². The minimum atomic E-state index is -1.18. The van der Waals surface area contributed by atoms with Gasteiger partial charge in [0.2, 0.25) is 0 Å². The van der Waals surface area contributed by atoms with Crippen molar-refractivity contribution in [3.63, 3.8) is 0 Å². The van der Waals surface area contributed by atoms with E-state index in [0.29, 0.717) is 0 Å². The van der Waals surface area contributed by atoms with Crippen LogP contribution in [0.3, 0.4) is 0 Å². The van der Waals surface area contributed by atoms with E-state index in [-0.39, 0.29) is 14.3 Å². The number of rotatable bonds is 3. The highest BCUT2D eigenvalue weighted by molar-refractivity contribution is 7.75. The molecule has 0 heterocycles. The normalized spacial score (nSPS) is 8.18. The van der Waals surface area contributed by atoms with Crippen LogP contribution >= 0.6 is 7.92 Å². The molecule has 2 rings (SSSR count). The molecule has 0 radical (unpaired) electrons. The van der Waals surface area contributed by atoms with Gasteiger partial charge in [-0.05, 0) is 82.8 Å². The fourth-order valence-corrected chi connectivity index (χ4v) is 3.78. The molecular formula is C26H35OP. The Morgan fingerprint density at radius 1 is 0.821 bits per heavy atom. The molecule has 0 aliphatic carbocycles. The van der Waals surface area contributed by atoms with Gasteiger partial charge >= 0.3 is 0 Å². The average molecular weight is 395 g/mol. The van der Waals surface area contributed by atoms with Crippen molar-refractivity contribution in [1.29, 1.82) is 0 Å². The minimum absolute atomic E-state index is 0. The quantitative estimate of drug-likeness (QED) is 0.430. The van der Waals surface area contributed by atoms with E-state index < -0.39 is 7.92 Å². The third-order valence-electron chi connectivity index (χ3n) is 3.60. The van der Waals surface area contributed by atoms with Gasteiger partial charge in [0.05, 0.1) is 15.0 Å². The number of aryl methyl sites for hydroxylation is 1. The summed E-state index contributed by atoms with van der Waals surface area (Å²) in [4.78, 5) is 0. The zero-order valence-electron chi connectivity index (χ0n) is 15.6. The van der Waals surface area contributed by atoms with E-state index >= 15 is 0 Å². The molecule has 0 unspecified atom stereocenters. The Morgan fingerprint density at radius 3 is 2.07 bits per heavy atom. The highest BCUT2D eigenvalue weighted by Crippen LogP contribution is 2.40. The van der Waals surface area contributed by atoms with Crippen LogP contribution in [0.4, 0.5) is 0 Å². The van der Waals surface area contributed by atoms with Gasteiger partial charge < -0.3 is 4.74 Å². The second kappa shape index (κ2) is 10.9. The third kappa shape index (κ3) is 5.26. The van der Waals surface area contributed by atoms with Gasteiger partial charge in [-0.1, -0.05) is 36.4 Å². The Balaban J connectivity index is -0.000000120. The minimum Gasteiger partial charge on any atom is -0.496 e. The summed E-state index contributed by atoms with van der Waals surface area (Å²) in [7, 11) is 0.478. The largest absolute Gasteiger partial charge is 0.496 e. The molecule has 0 bridgehead atoms. The van der Waals surface area contributed by atoms with E-state index in [1.807, 2.05) is 49.4 Å². The van der Waals surface area contributed by atoms with Crippen molar-refractivity contribution in [3.05, 3.63) is 48.0 Å². The number of ether oxygens (including phenoxy) is 1. The van der Waals surface area contributed by atoms with Crippen LogP contribution in [0.2, 0.25) is 0 Å². The molecule has 0 atom stereocenters. The van der Waals surface area contributed by atoms with Crippen LogP contribution < -0.4 is 10.0 Å².